The molecule has 0 aliphatic rings. The van der Waals surface area contributed by atoms with Crippen LogP contribution in [0.25, 0.3) is 0 Å². The van der Waals surface area contributed by atoms with E-state index in [1.165, 1.54) is 5.56 Å². The van der Waals surface area contributed by atoms with Crippen molar-refractivity contribution in [3.8, 4) is 12.3 Å². The first-order valence-corrected chi connectivity index (χ1v) is 3.85. The van der Waals surface area contributed by atoms with Crippen molar-refractivity contribution in [1.29, 1.82) is 0 Å². The summed E-state index contributed by atoms with van der Waals surface area (Å²) in [5.41, 5.74) is 2.16. The number of aromatic nitrogens is 1. The van der Waals surface area contributed by atoms with Crippen LogP contribution in [0.15, 0.2) is 31.0 Å². The van der Waals surface area contributed by atoms with Crippen molar-refractivity contribution >= 4 is 0 Å². The Labute approximate surface area is 73.2 Å². The molecule has 0 aromatic carbocycles. The number of allylic oxidation sites excluding steroid dienone is 1. The molecule has 0 aliphatic carbocycles. The van der Waals surface area contributed by atoms with Gasteiger partial charge in [-0.1, -0.05) is 12.1 Å². The average Bonchev–Trinajstić information content (AvgIpc) is 2.09. The van der Waals surface area contributed by atoms with Gasteiger partial charge in [0.1, 0.15) is 0 Å². The first-order chi connectivity index (χ1) is 5.88. The van der Waals surface area contributed by atoms with Gasteiger partial charge in [-0.25, -0.2) is 0 Å². The number of hydrogen-bond donors (Lipinski definition) is 0. The van der Waals surface area contributed by atoms with Gasteiger partial charge in [-0.15, -0.1) is 18.9 Å². The molecular formula is C11H11N. The molecule has 0 saturated heterocycles. The van der Waals surface area contributed by atoms with E-state index in [0.29, 0.717) is 6.42 Å². The maximum absolute atomic E-state index is 5.21. The maximum atomic E-state index is 5.21. The molecule has 0 amide bonds. The van der Waals surface area contributed by atoms with Crippen molar-refractivity contribution in [2.75, 3.05) is 0 Å². The highest BCUT2D eigenvalue weighted by Gasteiger charge is 1.98. The molecule has 0 radical (unpaired) electrons. The molecule has 0 fully saturated rings. The lowest BCUT2D eigenvalue weighted by Gasteiger charge is -2.01. The van der Waals surface area contributed by atoms with Gasteiger partial charge in [-0.3, -0.25) is 4.98 Å². The highest BCUT2D eigenvalue weighted by molar-refractivity contribution is 5.24. The second-order valence-corrected chi connectivity index (χ2v) is 2.48. The van der Waals surface area contributed by atoms with E-state index in [1.807, 2.05) is 18.2 Å². The second kappa shape index (κ2) is 4.35. The summed E-state index contributed by atoms with van der Waals surface area (Å²) in [5.74, 6) is 2.59. The third-order valence-electron chi connectivity index (χ3n) is 1.62. The first-order valence-electron chi connectivity index (χ1n) is 3.85. The van der Waals surface area contributed by atoms with Crippen LogP contribution in [0, 0.1) is 12.3 Å². The lowest BCUT2D eigenvalue weighted by molar-refractivity contribution is 1.06. The van der Waals surface area contributed by atoms with Crippen molar-refractivity contribution in [3.63, 3.8) is 0 Å². The van der Waals surface area contributed by atoms with Gasteiger partial charge in [0.2, 0.25) is 0 Å². The predicted molar refractivity (Wildman–Crippen MR) is 50.7 cm³/mol. The van der Waals surface area contributed by atoms with E-state index in [0.717, 1.165) is 12.1 Å². The molecule has 1 aromatic heterocycles. The molecule has 0 spiro atoms. The van der Waals surface area contributed by atoms with E-state index < -0.39 is 0 Å². The average molecular weight is 157 g/mol. The highest BCUT2D eigenvalue weighted by Crippen LogP contribution is 2.06. The lowest BCUT2D eigenvalue weighted by Crippen LogP contribution is -1.94. The van der Waals surface area contributed by atoms with E-state index >= 15 is 0 Å². The van der Waals surface area contributed by atoms with Gasteiger partial charge in [-0.2, -0.15) is 0 Å². The normalized spacial score (nSPS) is 8.92. The van der Waals surface area contributed by atoms with Crippen LogP contribution in [-0.4, -0.2) is 4.98 Å². The van der Waals surface area contributed by atoms with Crippen molar-refractivity contribution in [1.82, 2.24) is 4.98 Å². The van der Waals surface area contributed by atoms with Gasteiger partial charge in [-0.05, 0) is 18.1 Å². The molecule has 0 aliphatic heterocycles. The van der Waals surface area contributed by atoms with Crippen molar-refractivity contribution in [2.24, 2.45) is 0 Å². The number of pyridine rings is 1. The zero-order chi connectivity index (χ0) is 8.81. The van der Waals surface area contributed by atoms with Crippen LogP contribution in [0.1, 0.15) is 11.3 Å². The summed E-state index contributed by atoms with van der Waals surface area (Å²) < 4.78 is 0. The Morgan fingerprint density at radius 3 is 3.17 bits per heavy atom. The van der Waals surface area contributed by atoms with Crippen molar-refractivity contribution in [2.45, 2.75) is 12.8 Å². The summed E-state index contributed by atoms with van der Waals surface area (Å²) in [5, 5.41) is 0. The third kappa shape index (κ3) is 1.96. The fourth-order valence-electron chi connectivity index (χ4n) is 1.07. The van der Waals surface area contributed by atoms with Crippen LogP contribution in [0.4, 0.5) is 0 Å². The van der Waals surface area contributed by atoms with Gasteiger partial charge in [0.05, 0.1) is 12.1 Å². The standard InChI is InChI=1S/C11H11N/c1-3-6-10-8-5-9-12-11(10)7-4-2/h2-3,5,8-9H,1,6-7H2. The number of terminal acetylenes is 1. The Kier molecular flexibility index (Phi) is 3.10. The van der Waals surface area contributed by atoms with Crippen molar-refractivity contribution in [3.05, 3.63) is 42.2 Å². The molecule has 1 heterocycles. The van der Waals surface area contributed by atoms with E-state index in [-0.39, 0.29) is 0 Å². The smallest absolute Gasteiger partial charge is 0.0557 e. The molecule has 1 heteroatoms. The molecule has 1 rings (SSSR count). The quantitative estimate of drug-likeness (QED) is 0.483. The van der Waals surface area contributed by atoms with Crippen LogP contribution in [0.2, 0.25) is 0 Å². The van der Waals surface area contributed by atoms with Gasteiger partial charge in [0.15, 0.2) is 0 Å². The van der Waals surface area contributed by atoms with Crippen molar-refractivity contribution < 1.29 is 0 Å². The molecule has 1 nitrogen and oxygen atoms in total. The van der Waals surface area contributed by atoms with Gasteiger partial charge < -0.3 is 0 Å². The molecule has 12 heavy (non-hydrogen) atoms. The van der Waals surface area contributed by atoms with Crippen LogP contribution in [0.5, 0.6) is 0 Å². The highest BCUT2D eigenvalue weighted by atomic mass is 14.7. The van der Waals surface area contributed by atoms with E-state index in [2.05, 4.69) is 17.5 Å². The number of hydrogen-bond acceptors (Lipinski definition) is 1. The van der Waals surface area contributed by atoms with E-state index in [4.69, 9.17) is 6.42 Å². The number of nitrogens with zero attached hydrogens (tertiary/aromatic N) is 1. The molecule has 0 saturated carbocycles. The zero-order valence-electron chi connectivity index (χ0n) is 6.96. The summed E-state index contributed by atoms with van der Waals surface area (Å²) in [6, 6.07) is 3.94. The van der Waals surface area contributed by atoms with Gasteiger partial charge in [0.25, 0.3) is 0 Å². The van der Waals surface area contributed by atoms with Crippen LogP contribution in [0.3, 0.4) is 0 Å². The fourth-order valence-corrected chi connectivity index (χ4v) is 1.07. The molecule has 0 N–H and O–H groups in total. The summed E-state index contributed by atoms with van der Waals surface area (Å²) >= 11 is 0. The lowest BCUT2D eigenvalue weighted by atomic mass is 10.1. The molecule has 0 unspecified atom stereocenters. The minimum atomic E-state index is 0.601. The molecule has 60 valence electrons. The monoisotopic (exact) mass is 157 g/mol. The Morgan fingerprint density at radius 1 is 1.67 bits per heavy atom. The van der Waals surface area contributed by atoms with Gasteiger partial charge >= 0.3 is 0 Å². The summed E-state index contributed by atoms with van der Waals surface area (Å²) in [6.45, 7) is 3.68. The SMILES string of the molecule is C#CCc1ncccc1CC=C. The fraction of sp³-hybridized carbons (Fsp3) is 0.182. The summed E-state index contributed by atoms with van der Waals surface area (Å²) in [4.78, 5) is 4.20. The number of rotatable bonds is 3. The second-order valence-electron chi connectivity index (χ2n) is 2.48. The molecule has 0 bridgehead atoms. The van der Waals surface area contributed by atoms with Crippen LogP contribution >= 0.6 is 0 Å². The Balaban J connectivity index is 2.93. The first kappa shape index (κ1) is 8.55. The zero-order valence-corrected chi connectivity index (χ0v) is 6.96. The predicted octanol–water partition coefficient (Wildman–Crippen LogP) is 1.99. The maximum Gasteiger partial charge on any atom is 0.0557 e. The molecular weight excluding hydrogens is 146 g/mol. The largest absolute Gasteiger partial charge is 0.260 e. The van der Waals surface area contributed by atoms with E-state index in [9.17, 15) is 0 Å². The minimum absolute atomic E-state index is 0.601. The Morgan fingerprint density at radius 2 is 2.50 bits per heavy atom. The molecule has 1 aromatic rings. The van der Waals surface area contributed by atoms with Crippen LogP contribution in [-0.2, 0) is 12.8 Å². The minimum Gasteiger partial charge on any atom is -0.260 e. The third-order valence-corrected chi connectivity index (χ3v) is 1.62. The Bertz CT molecular complexity index is 307. The Hall–Kier alpha value is -1.55. The van der Waals surface area contributed by atoms with E-state index in [1.54, 1.807) is 6.20 Å². The summed E-state index contributed by atoms with van der Waals surface area (Å²) in [6.07, 6.45) is 10.3. The topological polar surface area (TPSA) is 12.9 Å². The molecule has 0 atom stereocenters. The van der Waals surface area contributed by atoms with Crippen LogP contribution < -0.4 is 0 Å². The van der Waals surface area contributed by atoms with Gasteiger partial charge in [0, 0.05) is 6.20 Å². The summed E-state index contributed by atoms with van der Waals surface area (Å²) in [7, 11) is 0.